The molecule has 0 aliphatic rings. The van der Waals surface area contributed by atoms with E-state index in [1.54, 1.807) is 12.3 Å². The molecule has 8 heteroatoms. The highest BCUT2D eigenvalue weighted by molar-refractivity contribution is 5.92. The Kier molecular flexibility index (Phi) is 3.82. The third kappa shape index (κ3) is 2.95. The molecule has 1 N–H and O–H groups in total. The Bertz CT molecular complexity index is 793. The molecule has 0 amide bonds. The number of nitrogens with one attached hydrogen (secondary N) is 1. The van der Waals surface area contributed by atoms with E-state index in [-0.39, 0.29) is 5.92 Å². The van der Waals surface area contributed by atoms with Crippen molar-refractivity contribution in [1.29, 1.82) is 0 Å². The van der Waals surface area contributed by atoms with E-state index in [1.807, 2.05) is 24.7 Å². The number of nitrogens with zero attached hydrogens (tertiary/aromatic N) is 5. The van der Waals surface area contributed by atoms with Gasteiger partial charge in [0, 0.05) is 25.1 Å². The lowest BCUT2D eigenvalue weighted by molar-refractivity contribution is 0.0448. The van der Waals surface area contributed by atoms with E-state index >= 15 is 0 Å². The van der Waals surface area contributed by atoms with E-state index < -0.39 is 5.97 Å². The number of rotatable bonds is 5. The first-order valence-electron chi connectivity index (χ1n) is 6.94. The van der Waals surface area contributed by atoms with Crippen molar-refractivity contribution in [2.24, 2.45) is 13.0 Å². The number of aromatic amines is 1. The molecule has 3 aromatic heterocycles. The van der Waals surface area contributed by atoms with E-state index in [2.05, 4.69) is 25.5 Å². The number of carbonyl (C=O) groups is 1. The molecule has 1 unspecified atom stereocenters. The molecule has 22 heavy (non-hydrogen) atoms. The summed E-state index contributed by atoms with van der Waals surface area (Å²) in [4.78, 5) is 16.1. The first-order chi connectivity index (χ1) is 10.6. The predicted molar refractivity (Wildman–Crippen MR) is 78.0 cm³/mol. The van der Waals surface area contributed by atoms with Gasteiger partial charge in [0.2, 0.25) is 5.65 Å². The van der Waals surface area contributed by atoms with Crippen LogP contribution >= 0.6 is 0 Å². The molecule has 0 bridgehead atoms. The van der Waals surface area contributed by atoms with E-state index in [9.17, 15) is 4.79 Å². The zero-order chi connectivity index (χ0) is 15.5. The van der Waals surface area contributed by atoms with Crippen molar-refractivity contribution in [3.63, 3.8) is 0 Å². The predicted octanol–water partition coefficient (Wildman–Crippen LogP) is 1.12. The average molecular weight is 300 g/mol. The number of pyridine rings is 1. The minimum absolute atomic E-state index is 0.197. The Morgan fingerprint density at radius 2 is 2.32 bits per heavy atom. The summed E-state index contributed by atoms with van der Waals surface area (Å²) in [6.07, 6.45) is 4.00. The van der Waals surface area contributed by atoms with Crippen LogP contribution in [-0.4, -0.2) is 42.8 Å². The van der Waals surface area contributed by atoms with Gasteiger partial charge in [-0.15, -0.1) is 5.10 Å². The summed E-state index contributed by atoms with van der Waals surface area (Å²) in [5.74, 6) is -0.211. The van der Waals surface area contributed by atoms with Gasteiger partial charge in [-0.1, -0.05) is 6.92 Å². The number of H-pyrrole nitrogens is 1. The van der Waals surface area contributed by atoms with E-state index in [0.717, 1.165) is 12.1 Å². The molecular weight excluding hydrogens is 284 g/mol. The van der Waals surface area contributed by atoms with Gasteiger partial charge < -0.3 is 4.74 Å². The van der Waals surface area contributed by atoms with Crippen LogP contribution in [0.25, 0.3) is 11.2 Å². The molecule has 0 saturated carbocycles. The first kappa shape index (κ1) is 14.2. The zero-order valence-electron chi connectivity index (χ0n) is 12.4. The molecule has 0 saturated heterocycles. The second-order valence-corrected chi connectivity index (χ2v) is 5.24. The average Bonchev–Trinajstić information content (AvgIpc) is 3.13. The summed E-state index contributed by atoms with van der Waals surface area (Å²) in [5, 5.41) is 14.3. The summed E-state index contributed by atoms with van der Waals surface area (Å²) >= 11 is 0. The van der Waals surface area contributed by atoms with Crippen molar-refractivity contribution in [3.05, 3.63) is 35.8 Å². The fraction of sp³-hybridized carbons (Fsp3) is 0.357. The molecule has 0 aliphatic carbocycles. The summed E-state index contributed by atoms with van der Waals surface area (Å²) in [5.41, 5.74) is 2.49. The van der Waals surface area contributed by atoms with Crippen molar-refractivity contribution in [2.75, 3.05) is 6.61 Å². The lowest BCUT2D eigenvalue weighted by Gasteiger charge is -2.12. The van der Waals surface area contributed by atoms with Crippen LogP contribution in [0.5, 0.6) is 0 Å². The minimum atomic E-state index is -0.408. The summed E-state index contributed by atoms with van der Waals surface area (Å²) in [6.45, 7) is 2.36. The smallest absolute Gasteiger partial charge is 0.339 e. The minimum Gasteiger partial charge on any atom is -0.462 e. The number of aromatic nitrogens is 6. The zero-order valence-corrected chi connectivity index (χ0v) is 12.4. The van der Waals surface area contributed by atoms with Crippen LogP contribution in [0.4, 0.5) is 0 Å². The van der Waals surface area contributed by atoms with Gasteiger partial charge in [-0.05, 0) is 24.5 Å². The molecule has 114 valence electrons. The Morgan fingerprint density at radius 3 is 3.09 bits per heavy atom. The van der Waals surface area contributed by atoms with Crippen molar-refractivity contribution < 1.29 is 9.53 Å². The maximum absolute atomic E-state index is 12.0. The van der Waals surface area contributed by atoms with Gasteiger partial charge >= 0.3 is 5.97 Å². The first-order valence-corrected chi connectivity index (χ1v) is 6.94. The fourth-order valence-corrected chi connectivity index (χ4v) is 2.17. The van der Waals surface area contributed by atoms with Crippen molar-refractivity contribution in [2.45, 2.75) is 13.3 Å². The highest BCUT2D eigenvalue weighted by Gasteiger charge is 2.13. The molecule has 1 atom stereocenters. The monoisotopic (exact) mass is 300 g/mol. The number of ether oxygens (including phenoxy) is 1. The highest BCUT2D eigenvalue weighted by atomic mass is 16.5. The summed E-state index contributed by atoms with van der Waals surface area (Å²) in [7, 11) is 1.90. The molecule has 0 radical (unpaired) electrons. The normalized spacial score (nSPS) is 12.5. The highest BCUT2D eigenvalue weighted by Crippen LogP contribution is 2.11. The largest absolute Gasteiger partial charge is 0.462 e. The Balaban J connectivity index is 1.58. The second kappa shape index (κ2) is 5.92. The van der Waals surface area contributed by atoms with Crippen molar-refractivity contribution in [3.8, 4) is 0 Å². The number of esters is 1. The lowest BCUT2D eigenvalue weighted by Crippen LogP contribution is -2.15. The van der Waals surface area contributed by atoms with Gasteiger partial charge in [-0.25, -0.2) is 9.78 Å². The molecule has 0 spiro atoms. The van der Waals surface area contributed by atoms with Crippen LogP contribution in [0.1, 0.15) is 23.0 Å². The lowest BCUT2D eigenvalue weighted by atomic mass is 10.1. The summed E-state index contributed by atoms with van der Waals surface area (Å²) in [6, 6.07) is 3.57. The van der Waals surface area contributed by atoms with Crippen LogP contribution in [0.3, 0.4) is 0 Å². The van der Waals surface area contributed by atoms with Gasteiger partial charge in [0.05, 0.1) is 12.2 Å². The van der Waals surface area contributed by atoms with Crippen LogP contribution in [-0.2, 0) is 18.2 Å². The third-order valence-corrected chi connectivity index (χ3v) is 3.39. The van der Waals surface area contributed by atoms with Crippen LogP contribution < -0.4 is 0 Å². The number of hydrogen-bond donors (Lipinski definition) is 1. The molecule has 3 heterocycles. The van der Waals surface area contributed by atoms with Gasteiger partial charge in [0.25, 0.3) is 0 Å². The third-order valence-electron chi connectivity index (χ3n) is 3.39. The molecule has 0 aliphatic heterocycles. The standard InChI is InChI=1S/C14H16N6O2/c1-9(5-11-3-4-16-20(11)2)8-22-14(21)10-6-12-13(15-7-10)18-19-17-12/h3-4,6-7,9H,5,8H2,1-2H3,(H,15,17,18,19). The van der Waals surface area contributed by atoms with Gasteiger partial charge in [-0.2, -0.15) is 15.4 Å². The van der Waals surface area contributed by atoms with Gasteiger partial charge in [0.15, 0.2) is 0 Å². The number of aryl methyl sites for hydroxylation is 1. The quantitative estimate of drug-likeness (QED) is 0.709. The fourth-order valence-electron chi connectivity index (χ4n) is 2.17. The number of carbonyl (C=O) groups excluding carboxylic acids is 1. The number of hydrogen-bond acceptors (Lipinski definition) is 6. The topological polar surface area (TPSA) is 98.6 Å². The maximum atomic E-state index is 12.0. The molecule has 0 aromatic carbocycles. The van der Waals surface area contributed by atoms with Crippen LogP contribution in [0.15, 0.2) is 24.5 Å². The van der Waals surface area contributed by atoms with Gasteiger partial charge in [-0.3, -0.25) is 4.68 Å². The van der Waals surface area contributed by atoms with Crippen molar-refractivity contribution in [1.82, 2.24) is 30.2 Å². The molecule has 8 nitrogen and oxygen atoms in total. The van der Waals surface area contributed by atoms with E-state index in [4.69, 9.17) is 4.74 Å². The summed E-state index contributed by atoms with van der Waals surface area (Å²) < 4.78 is 7.16. The Hall–Kier alpha value is -2.77. The SMILES string of the molecule is CC(COC(=O)c1cnc2n[nH]nc2c1)Cc1ccnn1C. The molecular formula is C14H16N6O2. The number of fused-ring (bicyclic) bond motifs is 1. The van der Waals surface area contributed by atoms with Crippen LogP contribution in [0, 0.1) is 5.92 Å². The second-order valence-electron chi connectivity index (χ2n) is 5.24. The van der Waals surface area contributed by atoms with Crippen molar-refractivity contribution >= 4 is 17.1 Å². The maximum Gasteiger partial charge on any atom is 0.339 e. The van der Waals surface area contributed by atoms with E-state index in [0.29, 0.717) is 23.3 Å². The Morgan fingerprint density at radius 1 is 1.45 bits per heavy atom. The molecule has 0 fully saturated rings. The van der Waals surface area contributed by atoms with Crippen LogP contribution in [0.2, 0.25) is 0 Å². The Labute approximate surface area is 126 Å². The molecule has 3 rings (SSSR count). The van der Waals surface area contributed by atoms with Gasteiger partial charge in [0.1, 0.15) is 5.52 Å². The molecule has 3 aromatic rings. The van der Waals surface area contributed by atoms with E-state index in [1.165, 1.54) is 6.20 Å².